The van der Waals surface area contributed by atoms with Crippen LogP contribution in [-0.4, -0.2) is 51.7 Å². The van der Waals surface area contributed by atoms with Gasteiger partial charge in [0.15, 0.2) is 0 Å². The van der Waals surface area contributed by atoms with Crippen molar-refractivity contribution in [3.8, 4) is 0 Å². The van der Waals surface area contributed by atoms with Gasteiger partial charge >= 0.3 is 0 Å². The number of aryl methyl sites for hydroxylation is 3. The van der Waals surface area contributed by atoms with Gasteiger partial charge in [-0.05, 0) is 53.2 Å². The van der Waals surface area contributed by atoms with Gasteiger partial charge in [0.1, 0.15) is 5.76 Å². The van der Waals surface area contributed by atoms with Gasteiger partial charge < -0.3 is 4.42 Å². The molecule has 0 bridgehead atoms. The second-order valence-electron chi connectivity index (χ2n) is 7.22. The molecular formula is C18H29N5O. The van der Waals surface area contributed by atoms with Gasteiger partial charge in [-0.15, -0.1) is 0 Å². The second kappa shape index (κ2) is 7.07. The predicted octanol–water partition coefficient (Wildman–Crippen LogP) is 2.54. The molecule has 24 heavy (non-hydrogen) atoms. The number of aromatic nitrogens is 3. The molecule has 0 radical (unpaired) electrons. The third-order valence-electron chi connectivity index (χ3n) is 5.10. The fourth-order valence-corrected chi connectivity index (χ4v) is 3.87. The number of piperidine rings is 1. The third-order valence-corrected chi connectivity index (χ3v) is 5.10. The van der Waals surface area contributed by atoms with Crippen molar-refractivity contribution in [3.05, 3.63) is 35.3 Å². The Morgan fingerprint density at radius 2 is 2.12 bits per heavy atom. The summed E-state index contributed by atoms with van der Waals surface area (Å²) < 4.78 is 7.63. The molecule has 3 rings (SSSR count). The van der Waals surface area contributed by atoms with Crippen LogP contribution in [0, 0.1) is 19.8 Å². The van der Waals surface area contributed by atoms with E-state index in [-0.39, 0.29) is 0 Å². The minimum Gasteiger partial charge on any atom is -0.444 e. The molecular weight excluding hydrogens is 302 g/mol. The molecule has 0 saturated carbocycles. The molecule has 6 nitrogen and oxygen atoms in total. The zero-order chi connectivity index (χ0) is 17.3. The molecule has 1 aliphatic rings. The van der Waals surface area contributed by atoms with Gasteiger partial charge in [-0.2, -0.15) is 5.10 Å². The lowest BCUT2D eigenvalue weighted by atomic mass is 9.86. The summed E-state index contributed by atoms with van der Waals surface area (Å²) in [6.07, 6.45) is 6.67. The quantitative estimate of drug-likeness (QED) is 0.843. The maximum Gasteiger partial charge on any atom is 0.208 e. The third kappa shape index (κ3) is 3.70. The minimum atomic E-state index is 0.433. The molecule has 6 heteroatoms. The van der Waals surface area contributed by atoms with Crippen LogP contribution in [0.1, 0.15) is 41.8 Å². The summed E-state index contributed by atoms with van der Waals surface area (Å²) in [6, 6.07) is 0.433. The first-order chi connectivity index (χ1) is 11.4. The maximum atomic E-state index is 5.73. The van der Waals surface area contributed by atoms with Gasteiger partial charge in [-0.3, -0.25) is 14.5 Å². The Kier molecular flexibility index (Phi) is 5.06. The Bertz CT molecular complexity index is 657. The summed E-state index contributed by atoms with van der Waals surface area (Å²) in [5, 5.41) is 4.37. The first-order valence-corrected chi connectivity index (χ1v) is 8.74. The van der Waals surface area contributed by atoms with E-state index in [0.29, 0.717) is 12.0 Å². The van der Waals surface area contributed by atoms with Crippen molar-refractivity contribution in [2.75, 3.05) is 27.2 Å². The molecule has 1 aliphatic heterocycles. The molecule has 0 spiro atoms. The molecule has 0 N–H and O–H groups in total. The molecule has 2 atom stereocenters. The zero-order valence-corrected chi connectivity index (χ0v) is 15.5. The number of hydrogen-bond acceptors (Lipinski definition) is 5. The van der Waals surface area contributed by atoms with Gasteiger partial charge in [0.2, 0.25) is 5.89 Å². The second-order valence-corrected chi connectivity index (χ2v) is 7.22. The number of likely N-dealkylation sites (tertiary alicyclic amines) is 1. The lowest BCUT2D eigenvalue weighted by Gasteiger charge is -2.40. The first kappa shape index (κ1) is 17.2. The van der Waals surface area contributed by atoms with E-state index in [1.54, 1.807) is 0 Å². The Morgan fingerprint density at radius 3 is 2.75 bits per heavy atom. The lowest BCUT2D eigenvalue weighted by Crippen LogP contribution is -2.40. The Balaban J connectivity index is 1.69. The highest BCUT2D eigenvalue weighted by Crippen LogP contribution is 2.35. The summed E-state index contributed by atoms with van der Waals surface area (Å²) in [4.78, 5) is 9.31. The van der Waals surface area contributed by atoms with Crippen molar-refractivity contribution in [2.45, 2.75) is 39.3 Å². The van der Waals surface area contributed by atoms with Crippen LogP contribution >= 0.6 is 0 Å². The molecule has 0 amide bonds. The number of oxazole rings is 1. The molecule has 132 valence electrons. The monoisotopic (exact) mass is 331 g/mol. The molecule has 1 fully saturated rings. The molecule has 0 aromatic carbocycles. The summed E-state index contributed by atoms with van der Waals surface area (Å²) in [5.74, 6) is 2.33. The Hall–Kier alpha value is -1.66. The summed E-state index contributed by atoms with van der Waals surface area (Å²) in [7, 11) is 6.37. The van der Waals surface area contributed by atoms with Crippen molar-refractivity contribution >= 4 is 0 Å². The van der Waals surface area contributed by atoms with E-state index in [9.17, 15) is 0 Å². The summed E-state index contributed by atoms with van der Waals surface area (Å²) in [6.45, 7) is 6.91. The lowest BCUT2D eigenvalue weighted by molar-refractivity contribution is 0.0901. The van der Waals surface area contributed by atoms with E-state index in [0.717, 1.165) is 37.0 Å². The van der Waals surface area contributed by atoms with Crippen LogP contribution in [0.15, 0.2) is 16.8 Å². The van der Waals surface area contributed by atoms with E-state index >= 15 is 0 Å². The van der Waals surface area contributed by atoms with Gasteiger partial charge in [0.05, 0.1) is 18.4 Å². The molecule has 1 saturated heterocycles. The van der Waals surface area contributed by atoms with Gasteiger partial charge in [-0.25, -0.2) is 4.98 Å². The normalized spacial score (nSPS) is 22.4. The maximum absolute atomic E-state index is 5.73. The van der Waals surface area contributed by atoms with Crippen LogP contribution in [0.25, 0.3) is 0 Å². The van der Waals surface area contributed by atoms with Crippen LogP contribution in [0.3, 0.4) is 0 Å². The average Bonchev–Trinajstić information content (AvgIpc) is 3.05. The van der Waals surface area contributed by atoms with Crippen LogP contribution in [0.4, 0.5) is 0 Å². The highest BCUT2D eigenvalue weighted by Gasteiger charge is 2.32. The predicted molar refractivity (Wildman–Crippen MR) is 93.6 cm³/mol. The van der Waals surface area contributed by atoms with Gasteiger partial charge in [0, 0.05) is 31.4 Å². The van der Waals surface area contributed by atoms with E-state index < -0.39 is 0 Å². The van der Waals surface area contributed by atoms with Crippen LogP contribution in [-0.2, 0) is 13.6 Å². The first-order valence-electron chi connectivity index (χ1n) is 8.74. The van der Waals surface area contributed by atoms with E-state index in [2.05, 4.69) is 40.2 Å². The van der Waals surface area contributed by atoms with Crippen molar-refractivity contribution in [2.24, 2.45) is 13.0 Å². The van der Waals surface area contributed by atoms with Crippen molar-refractivity contribution in [1.29, 1.82) is 0 Å². The minimum absolute atomic E-state index is 0.433. The van der Waals surface area contributed by atoms with Crippen molar-refractivity contribution in [1.82, 2.24) is 24.6 Å². The van der Waals surface area contributed by atoms with E-state index in [4.69, 9.17) is 4.42 Å². The highest BCUT2D eigenvalue weighted by atomic mass is 16.4. The number of rotatable bonds is 5. The topological polar surface area (TPSA) is 50.3 Å². The van der Waals surface area contributed by atoms with Crippen LogP contribution in [0.5, 0.6) is 0 Å². The molecule has 3 heterocycles. The number of hydrogen-bond donors (Lipinski definition) is 0. The average molecular weight is 331 g/mol. The van der Waals surface area contributed by atoms with Crippen molar-refractivity contribution in [3.63, 3.8) is 0 Å². The van der Waals surface area contributed by atoms with Gasteiger partial charge in [0.25, 0.3) is 0 Å². The highest BCUT2D eigenvalue weighted by molar-refractivity contribution is 5.13. The van der Waals surface area contributed by atoms with E-state index in [1.165, 1.54) is 18.4 Å². The van der Waals surface area contributed by atoms with Crippen LogP contribution < -0.4 is 0 Å². The smallest absolute Gasteiger partial charge is 0.208 e. The summed E-state index contributed by atoms with van der Waals surface area (Å²) >= 11 is 0. The fourth-order valence-electron chi connectivity index (χ4n) is 3.87. The fraction of sp³-hybridized carbons (Fsp3) is 0.667. The Labute approximate surface area is 144 Å². The zero-order valence-electron chi connectivity index (χ0n) is 15.5. The van der Waals surface area contributed by atoms with Crippen LogP contribution in [0.2, 0.25) is 0 Å². The SMILES string of the molecule is Cc1nc(CN(C)C[C@@H]2CCCN(C)[C@H]2c2cnn(C)c2)oc1C. The van der Waals surface area contributed by atoms with Crippen molar-refractivity contribution < 1.29 is 4.42 Å². The molecule has 2 aromatic rings. The molecule has 2 aromatic heterocycles. The van der Waals surface area contributed by atoms with Gasteiger partial charge in [-0.1, -0.05) is 0 Å². The Morgan fingerprint density at radius 1 is 1.33 bits per heavy atom. The molecule has 0 aliphatic carbocycles. The molecule has 0 unspecified atom stereocenters. The standard InChI is InChI=1S/C18H29N5O/c1-13-14(2)24-17(20-13)12-21(3)10-15-7-6-8-22(4)18(15)16-9-19-23(5)11-16/h9,11,15,18H,6-8,10,12H2,1-5H3/t15-,18+/m0/s1. The number of nitrogens with zero attached hydrogens (tertiary/aromatic N) is 5. The van der Waals surface area contributed by atoms with E-state index in [1.807, 2.05) is 31.8 Å². The largest absolute Gasteiger partial charge is 0.444 e. The summed E-state index contributed by atoms with van der Waals surface area (Å²) in [5.41, 5.74) is 2.31.